The van der Waals surface area contributed by atoms with Gasteiger partial charge < -0.3 is 10.1 Å². The molecule has 1 unspecified atom stereocenters. The summed E-state index contributed by atoms with van der Waals surface area (Å²) in [6.45, 7) is 0. The molecule has 0 aliphatic heterocycles. The summed E-state index contributed by atoms with van der Waals surface area (Å²) in [5.41, 5.74) is 0.404. The maximum atomic E-state index is 12.2. The summed E-state index contributed by atoms with van der Waals surface area (Å²) < 4.78 is 4.58. The highest BCUT2D eigenvalue weighted by molar-refractivity contribution is 6.35. The van der Waals surface area contributed by atoms with E-state index in [0.29, 0.717) is 15.7 Å². The van der Waals surface area contributed by atoms with Crippen molar-refractivity contribution in [1.82, 2.24) is 4.90 Å². The van der Waals surface area contributed by atoms with Crippen LogP contribution in [-0.4, -0.2) is 44.0 Å². The molecule has 0 aliphatic rings. The van der Waals surface area contributed by atoms with Crippen LogP contribution in [0.3, 0.4) is 0 Å². The standard InChI is InChI=1S/C13H16Cl2N2O3/c1-17(2)11(7-12(18)20-3)13(19)16-10-6-8(14)4-5-9(10)15/h4-6,11H,7H2,1-3H3,(H,16,19). The number of nitrogens with one attached hydrogen (secondary N) is 1. The topological polar surface area (TPSA) is 58.6 Å². The Labute approximate surface area is 127 Å². The number of amides is 1. The summed E-state index contributed by atoms with van der Waals surface area (Å²) in [6, 6.07) is 4.10. The van der Waals surface area contributed by atoms with E-state index in [1.807, 2.05) is 0 Å². The fourth-order valence-electron chi connectivity index (χ4n) is 1.56. The number of anilines is 1. The van der Waals surface area contributed by atoms with Crippen molar-refractivity contribution in [3.8, 4) is 0 Å². The first-order valence-electron chi connectivity index (χ1n) is 5.84. The van der Waals surface area contributed by atoms with Gasteiger partial charge in [-0.2, -0.15) is 0 Å². The second-order valence-electron chi connectivity index (χ2n) is 4.37. The van der Waals surface area contributed by atoms with Crippen molar-refractivity contribution in [3.05, 3.63) is 28.2 Å². The molecule has 0 saturated heterocycles. The molecule has 5 nitrogen and oxygen atoms in total. The molecular formula is C13H16Cl2N2O3. The van der Waals surface area contributed by atoms with Gasteiger partial charge >= 0.3 is 5.97 Å². The van der Waals surface area contributed by atoms with Gasteiger partial charge in [-0.15, -0.1) is 0 Å². The molecule has 0 bridgehead atoms. The number of methoxy groups -OCH3 is 1. The lowest BCUT2D eigenvalue weighted by Gasteiger charge is -2.22. The van der Waals surface area contributed by atoms with Gasteiger partial charge in [-0.1, -0.05) is 23.2 Å². The van der Waals surface area contributed by atoms with Crippen molar-refractivity contribution in [2.75, 3.05) is 26.5 Å². The van der Waals surface area contributed by atoms with Crippen molar-refractivity contribution < 1.29 is 14.3 Å². The van der Waals surface area contributed by atoms with Crippen molar-refractivity contribution in [1.29, 1.82) is 0 Å². The van der Waals surface area contributed by atoms with Crippen LogP contribution in [0, 0.1) is 0 Å². The average Bonchev–Trinajstić information content (AvgIpc) is 2.39. The second kappa shape index (κ2) is 7.47. The first-order chi connectivity index (χ1) is 9.35. The van der Waals surface area contributed by atoms with E-state index in [1.54, 1.807) is 37.2 Å². The Morgan fingerprint density at radius 2 is 2.00 bits per heavy atom. The van der Waals surface area contributed by atoms with E-state index >= 15 is 0 Å². The van der Waals surface area contributed by atoms with Gasteiger partial charge in [-0.25, -0.2) is 0 Å². The van der Waals surface area contributed by atoms with Crippen LogP contribution in [0.2, 0.25) is 10.0 Å². The number of hydrogen-bond donors (Lipinski definition) is 1. The molecule has 1 atom stereocenters. The Kier molecular flexibility index (Phi) is 6.26. The van der Waals surface area contributed by atoms with Gasteiger partial charge in [0.1, 0.15) is 0 Å². The molecule has 1 amide bonds. The summed E-state index contributed by atoms with van der Waals surface area (Å²) in [4.78, 5) is 25.2. The maximum absolute atomic E-state index is 12.2. The summed E-state index contributed by atoms with van der Waals surface area (Å²) in [6.07, 6.45) is -0.0481. The average molecular weight is 319 g/mol. The summed E-state index contributed by atoms with van der Waals surface area (Å²) in [5.74, 6) is -0.819. The largest absolute Gasteiger partial charge is 0.469 e. The fraction of sp³-hybridized carbons (Fsp3) is 0.385. The smallest absolute Gasteiger partial charge is 0.307 e. The highest BCUT2D eigenvalue weighted by Gasteiger charge is 2.25. The molecule has 1 rings (SSSR count). The highest BCUT2D eigenvalue weighted by atomic mass is 35.5. The Balaban J connectivity index is 2.85. The van der Waals surface area contributed by atoms with Crippen molar-refractivity contribution in [2.45, 2.75) is 12.5 Å². The molecule has 0 heterocycles. The molecule has 0 aliphatic carbocycles. The molecule has 110 valence electrons. The lowest BCUT2D eigenvalue weighted by atomic mass is 10.1. The molecule has 1 aromatic rings. The number of halogens is 2. The zero-order chi connectivity index (χ0) is 15.3. The number of esters is 1. The van der Waals surface area contributed by atoms with Gasteiger partial charge in [-0.3, -0.25) is 14.5 Å². The molecule has 7 heteroatoms. The Bertz CT molecular complexity index is 506. The van der Waals surface area contributed by atoms with E-state index in [-0.39, 0.29) is 12.3 Å². The number of nitrogens with zero attached hydrogens (tertiary/aromatic N) is 1. The van der Waals surface area contributed by atoms with Crippen molar-refractivity contribution in [3.63, 3.8) is 0 Å². The van der Waals surface area contributed by atoms with Crippen LogP contribution in [0.1, 0.15) is 6.42 Å². The number of rotatable bonds is 5. The fourth-order valence-corrected chi connectivity index (χ4v) is 1.90. The Morgan fingerprint density at radius 3 is 2.55 bits per heavy atom. The second-order valence-corrected chi connectivity index (χ2v) is 5.22. The minimum atomic E-state index is -0.655. The first-order valence-corrected chi connectivity index (χ1v) is 6.60. The lowest BCUT2D eigenvalue weighted by molar-refractivity contribution is -0.143. The van der Waals surface area contributed by atoms with Crippen LogP contribution in [0.4, 0.5) is 5.69 Å². The van der Waals surface area contributed by atoms with Crippen LogP contribution >= 0.6 is 23.2 Å². The summed E-state index contributed by atoms with van der Waals surface area (Å²) in [7, 11) is 4.68. The molecular weight excluding hydrogens is 303 g/mol. The monoisotopic (exact) mass is 318 g/mol. The van der Waals surface area contributed by atoms with E-state index in [9.17, 15) is 9.59 Å². The third-order valence-corrected chi connectivity index (χ3v) is 3.26. The number of hydrogen-bond acceptors (Lipinski definition) is 4. The molecule has 0 fully saturated rings. The van der Waals surface area contributed by atoms with Crippen LogP contribution < -0.4 is 5.32 Å². The molecule has 0 aromatic heterocycles. The summed E-state index contributed by atoms with van der Waals surface area (Å²) >= 11 is 11.8. The van der Waals surface area contributed by atoms with E-state index < -0.39 is 12.0 Å². The minimum absolute atomic E-state index is 0.0481. The number of benzene rings is 1. The minimum Gasteiger partial charge on any atom is -0.469 e. The quantitative estimate of drug-likeness (QED) is 0.847. The van der Waals surface area contributed by atoms with E-state index in [2.05, 4.69) is 10.1 Å². The third kappa shape index (κ3) is 4.67. The first kappa shape index (κ1) is 16.8. The van der Waals surface area contributed by atoms with Gasteiger partial charge in [0.15, 0.2) is 0 Å². The van der Waals surface area contributed by atoms with Crippen LogP contribution in [0.15, 0.2) is 18.2 Å². The number of carbonyl (C=O) groups is 2. The SMILES string of the molecule is COC(=O)CC(C(=O)Nc1cc(Cl)ccc1Cl)N(C)C. The van der Waals surface area contributed by atoms with Gasteiger partial charge in [-0.05, 0) is 32.3 Å². The Morgan fingerprint density at radius 1 is 1.35 bits per heavy atom. The number of likely N-dealkylation sites (N-methyl/N-ethyl adjacent to an activating group) is 1. The van der Waals surface area contributed by atoms with Crippen LogP contribution in [0.25, 0.3) is 0 Å². The zero-order valence-electron chi connectivity index (χ0n) is 11.4. The van der Waals surface area contributed by atoms with Crippen LogP contribution in [0.5, 0.6) is 0 Å². The van der Waals surface area contributed by atoms with Gasteiger partial charge in [0, 0.05) is 5.02 Å². The molecule has 0 radical (unpaired) electrons. The molecule has 20 heavy (non-hydrogen) atoms. The predicted octanol–water partition coefficient (Wildman–Crippen LogP) is 2.43. The number of ether oxygens (including phenoxy) is 1. The van der Waals surface area contributed by atoms with E-state index in [4.69, 9.17) is 23.2 Å². The van der Waals surface area contributed by atoms with E-state index in [0.717, 1.165) is 0 Å². The summed E-state index contributed by atoms with van der Waals surface area (Å²) in [5, 5.41) is 3.49. The predicted molar refractivity (Wildman–Crippen MR) is 79.2 cm³/mol. The van der Waals surface area contributed by atoms with Crippen molar-refractivity contribution >= 4 is 40.8 Å². The van der Waals surface area contributed by atoms with Gasteiger partial charge in [0.25, 0.3) is 0 Å². The normalized spacial score (nSPS) is 12.1. The highest BCUT2D eigenvalue weighted by Crippen LogP contribution is 2.25. The molecule has 0 spiro atoms. The lowest BCUT2D eigenvalue weighted by Crippen LogP contribution is -2.41. The molecule has 1 aromatic carbocycles. The third-order valence-electron chi connectivity index (χ3n) is 2.70. The van der Waals surface area contributed by atoms with Crippen molar-refractivity contribution in [2.24, 2.45) is 0 Å². The zero-order valence-corrected chi connectivity index (χ0v) is 13.0. The van der Waals surface area contributed by atoms with Crippen LogP contribution in [-0.2, 0) is 14.3 Å². The maximum Gasteiger partial charge on any atom is 0.307 e. The van der Waals surface area contributed by atoms with Gasteiger partial charge in [0.2, 0.25) is 5.91 Å². The molecule has 0 saturated carbocycles. The number of carbonyl (C=O) groups excluding carboxylic acids is 2. The molecule has 1 N–H and O–H groups in total. The Hall–Kier alpha value is -1.30. The van der Waals surface area contributed by atoms with Gasteiger partial charge in [0.05, 0.1) is 30.3 Å². The van der Waals surface area contributed by atoms with E-state index in [1.165, 1.54) is 7.11 Å².